The van der Waals surface area contributed by atoms with Crippen LogP contribution in [-0.2, 0) is 4.74 Å². The largest absolute Gasteiger partial charge is 0.497 e. The number of likely N-dealkylation sites (tertiary alicyclic amines) is 1. The Labute approximate surface area is 140 Å². The third-order valence-electron chi connectivity index (χ3n) is 5.29. The standard InChI is InChI=1S/C19H30N2O2/c1-16(18-6-3-7-19(13-18)22-2)21-8-4-5-17(15-21)14-20-9-11-23-12-10-20/h3,6-7,13,16-17H,4-5,8-12,14-15H2,1-2H3/t16-,17+/m0/s1. The highest BCUT2D eigenvalue weighted by atomic mass is 16.5. The number of morpholine rings is 1. The molecule has 0 N–H and O–H groups in total. The Morgan fingerprint density at radius 1 is 1.26 bits per heavy atom. The van der Waals surface area contributed by atoms with Gasteiger partial charge >= 0.3 is 0 Å². The summed E-state index contributed by atoms with van der Waals surface area (Å²) >= 11 is 0. The SMILES string of the molecule is COc1cccc([C@H](C)N2CCC[C@H](CN3CCOCC3)C2)c1. The van der Waals surface area contributed by atoms with Crippen LogP contribution in [0.3, 0.4) is 0 Å². The molecular weight excluding hydrogens is 288 g/mol. The fraction of sp³-hybridized carbons (Fsp3) is 0.684. The number of ether oxygens (including phenoxy) is 2. The molecule has 0 spiro atoms. The van der Waals surface area contributed by atoms with Crippen LogP contribution in [0.2, 0.25) is 0 Å². The van der Waals surface area contributed by atoms with Gasteiger partial charge in [0.2, 0.25) is 0 Å². The second-order valence-corrected chi connectivity index (χ2v) is 6.87. The number of benzene rings is 1. The molecule has 0 unspecified atom stereocenters. The summed E-state index contributed by atoms with van der Waals surface area (Å²) in [4.78, 5) is 5.22. The van der Waals surface area contributed by atoms with Gasteiger partial charge in [-0.2, -0.15) is 0 Å². The lowest BCUT2D eigenvalue weighted by Gasteiger charge is -2.39. The summed E-state index contributed by atoms with van der Waals surface area (Å²) in [5.74, 6) is 1.74. The second-order valence-electron chi connectivity index (χ2n) is 6.87. The van der Waals surface area contributed by atoms with E-state index >= 15 is 0 Å². The van der Waals surface area contributed by atoms with Gasteiger partial charge in [-0.15, -0.1) is 0 Å². The summed E-state index contributed by atoms with van der Waals surface area (Å²) in [6.45, 7) is 9.96. The normalized spacial score (nSPS) is 25.2. The fourth-order valence-electron chi connectivity index (χ4n) is 3.86. The predicted octanol–water partition coefficient (Wildman–Crippen LogP) is 2.80. The first-order chi connectivity index (χ1) is 11.3. The Bertz CT molecular complexity index is 488. The van der Waals surface area contributed by atoms with Crippen LogP contribution in [0.15, 0.2) is 24.3 Å². The van der Waals surface area contributed by atoms with Gasteiger partial charge < -0.3 is 9.47 Å². The molecule has 4 heteroatoms. The van der Waals surface area contributed by atoms with Gasteiger partial charge in [0.15, 0.2) is 0 Å². The lowest BCUT2D eigenvalue weighted by molar-refractivity contribution is 0.0200. The molecular formula is C19H30N2O2. The summed E-state index contributed by atoms with van der Waals surface area (Å²) in [5, 5.41) is 0. The summed E-state index contributed by atoms with van der Waals surface area (Å²) in [7, 11) is 1.74. The molecule has 1 aromatic rings. The van der Waals surface area contributed by atoms with Gasteiger partial charge in [-0.25, -0.2) is 0 Å². The van der Waals surface area contributed by atoms with E-state index in [9.17, 15) is 0 Å². The van der Waals surface area contributed by atoms with Crippen LogP contribution in [0.1, 0.15) is 31.4 Å². The lowest BCUT2D eigenvalue weighted by atomic mass is 9.94. The van der Waals surface area contributed by atoms with Crippen molar-refractivity contribution >= 4 is 0 Å². The smallest absolute Gasteiger partial charge is 0.119 e. The molecule has 3 rings (SSSR count). The maximum Gasteiger partial charge on any atom is 0.119 e. The van der Waals surface area contributed by atoms with Gasteiger partial charge in [0.05, 0.1) is 20.3 Å². The first-order valence-electron chi connectivity index (χ1n) is 8.94. The van der Waals surface area contributed by atoms with Crippen molar-refractivity contribution in [2.45, 2.75) is 25.8 Å². The molecule has 0 aromatic heterocycles. The van der Waals surface area contributed by atoms with E-state index < -0.39 is 0 Å². The number of piperidine rings is 1. The van der Waals surface area contributed by atoms with E-state index in [2.05, 4.69) is 34.9 Å². The van der Waals surface area contributed by atoms with Crippen LogP contribution < -0.4 is 4.74 Å². The van der Waals surface area contributed by atoms with Crippen LogP contribution in [0.5, 0.6) is 5.75 Å². The average molecular weight is 318 g/mol. The maximum absolute atomic E-state index is 5.46. The highest BCUT2D eigenvalue weighted by Gasteiger charge is 2.26. The van der Waals surface area contributed by atoms with Crippen molar-refractivity contribution < 1.29 is 9.47 Å². The van der Waals surface area contributed by atoms with Gasteiger partial charge in [0.1, 0.15) is 5.75 Å². The Kier molecular flexibility index (Phi) is 5.92. The molecule has 4 nitrogen and oxygen atoms in total. The minimum Gasteiger partial charge on any atom is -0.497 e. The Hall–Kier alpha value is -1.10. The predicted molar refractivity (Wildman–Crippen MR) is 93.0 cm³/mol. The zero-order valence-electron chi connectivity index (χ0n) is 14.5. The molecule has 2 fully saturated rings. The lowest BCUT2D eigenvalue weighted by Crippen LogP contribution is -2.45. The van der Waals surface area contributed by atoms with E-state index in [1.807, 2.05) is 6.07 Å². The van der Waals surface area contributed by atoms with Gasteiger partial charge in [0.25, 0.3) is 0 Å². The van der Waals surface area contributed by atoms with Crippen molar-refractivity contribution in [1.29, 1.82) is 0 Å². The first-order valence-corrected chi connectivity index (χ1v) is 8.94. The van der Waals surface area contributed by atoms with Crippen molar-refractivity contribution in [3.05, 3.63) is 29.8 Å². The third-order valence-corrected chi connectivity index (χ3v) is 5.29. The Balaban J connectivity index is 1.58. The summed E-state index contributed by atoms with van der Waals surface area (Å²) in [6.07, 6.45) is 2.67. The summed E-state index contributed by atoms with van der Waals surface area (Å²) < 4.78 is 10.8. The second kappa shape index (κ2) is 8.13. The van der Waals surface area contributed by atoms with Crippen molar-refractivity contribution in [3.63, 3.8) is 0 Å². The number of nitrogens with zero attached hydrogens (tertiary/aromatic N) is 2. The van der Waals surface area contributed by atoms with Crippen LogP contribution in [0.4, 0.5) is 0 Å². The quantitative estimate of drug-likeness (QED) is 0.833. The van der Waals surface area contributed by atoms with Crippen molar-refractivity contribution in [1.82, 2.24) is 9.80 Å². The zero-order valence-corrected chi connectivity index (χ0v) is 14.5. The van der Waals surface area contributed by atoms with Gasteiger partial charge in [-0.3, -0.25) is 9.80 Å². The van der Waals surface area contributed by atoms with E-state index in [1.54, 1.807) is 7.11 Å². The zero-order chi connectivity index (χ0) is 16.1. The molecule has 0 aliphatic carbocycles. The molecule has 0 amide bonds. The highest BCUT2D eigenvalue weighted by Crippen LogP contribution is 2.28. The maximum atomic E-state index is 5.46. The topological polar surface area (TPSA) is 24.9 Å². The monoisotopic (exact) mass is 318 g/mol. The van der Waals surface area contributed by atoms with Crippen LogP contribution >= 0.6 is 0 Å². The molecule has 2 heterocycles. The molecule has 0 radical (unpaired) electrons. The highest BCUT2D eigenvalue weighted by molar-refractivity contribution is 5.30. The third kappa shape index (κ3) is 4.46. The molecule has 1 aromatic carbocycles. The average Bonchev–Trinajstić information content (AvgIpc) is 2.62. The Morgan fingerprint density at radius 2 is 2.09 bits per heavy atom. The fourth-order valence-corrected chi connectivity index (χ4v) is 3.86. The Morgan fingerprint density at radius 3 is 2.87 bits per heavy atom. The van der Waals surface area contributed by atoms with Gasteiger partial charge in [0, 0.05) is 32.2 Å². The number of methoxy groups -OCH3 is 1. The summed E-state index contributed by atoms with van der Waals surface area (Å²) in [5.41, 5.74) is 1.36. The van der Waals surface area contributed by atoms with Crippen molar-refractivity contribution in [2.75, 3.05) is 53.0 Å². The van der Waals surface area contributed by atoms with E-state index in [4.69, 9.17) is 9.47 Å². The number of rotatable bonds is 5. The molecule has 2 aliphatic heterocycles. The van der Waals surface area contributed by atoms with E-state index in [0.29, 0.717) is 6.04 Å². The van der Waals surface area contributed by atoms with Crippen molar-refractivity contribution in [2.24, 2.45) is 5.92 Å². The molecule has 128 valence electrons. The molecule has 0 saturated carbocycles. The summed E-state index contributed by atoms with van der Waals surface area (Å²) in [6, 6.07) is 8.97. The molecule has 23 heavy (non-hydrogen) atoms. The van der Waals surface area contributed by atoms with E-state index in [-0.39, 0.29) is 0 Å². The molecule has 0 bridgehead atoms. The molecule has 2 saturated heterocycles. The van der Waals surface area contributed by atoms with Gasteiger partial charge in [-0.05, 0) is 49.9 Å². The minimum absolute atomic E-state index is 0.456. The first kappa shape index (κ1) is 16.7. The van der Waals surface area contributed by atoms with Gasteiger partial charge in [-0.1, -0.05) is 12.1 Å². The van der Waals surface area contributed by atoms with E-state index in [1.165, 1.54) is 38.0 Å². The van der Waals surface area contributed by atoms with Crippen molar-refractivity contribution in [3.8, 4) is 5.75 Å². The van der Waals surface area contributed by atoms with Crippen LogP contribution in [0.25, 0.3) is 0 Å². The van der Waals surface area contributed by atoms with E-state index in [0.717, 1.165) is 38.0 Å². The number of hydrogen-bond acceptors (Lipinski definition) is 4. The van der Waals surface area contributed by atoms with Crippen LogP contribution in [0, 0.1) is 5.92 Å². The number of hydrogen-bond donors (Lipinski definition) is 0. The minimum atomic E-state index is 0.456. The van der Waals surface area contributed by atoms with Crippen LogP contribution in [-0.4, -0.2) is 62.8 Å². The molecule has 2 atom stereocenters. The molecule has 2 aliphatic rings.